The molecule has 0 saturated heterocycles. The zero-order valence-corrected chi connectivity index (χ0v) is 12.1. The quantitative estimate of drug-likeness (QED) is 0.891. The summed E-state index contributed by atoms with van der Waals surface area (Å²) < 4.78 is 12.9. The standard InChI is InChI=1S/C16H19FN4/c1-11-10-15(19-14-8-6-12(17)7-9-14)21-16(18-11)20-13-4-2-3-5-13/h6-10,13H,2-5H2,1H3,(H2,18,19,20,21). The number of rotatable bonds is 4. The topological polar surface area (TPSA) is 49.8 Å². The van der Waals surface area contributed by atoms with Crippen molar-refractivity contribution in [3.63, 3.8) is 0 Å². The molecule has 0 amide bonds. The van der Waals surface area contributed by atoms with Gasteiger partial charge in [0.25, 0.3) is 0 Å². The van der Waals surface area contributed by atoms with Crippen LogP contribution in [0.4, 0.5) is 21.8 Å². The summed E-state index contributed by atoms with van der Waals surface area (Å²) in [6.45, 7) is 1.94. The summed E-state index contributed by atoms with van der Waals surface area (Å²) in [5.74, 6) is 1.13. The third kappa shape index (κ3) is 3.68. The summed E-state index contributed by atoms with van der Waals surface area (Å²) in [6.07, 6.45) is 4.89. The Bertz CT molecular complexity index is 606. The Morgan fingerprint density at radius 1 is 1.10 bits per heavy atom. The molecule has 4 nitrogen and oxygen atoms in total. The first-order valence-electron chi connectivity index (χ1n) is 7.34. The van der Waals surface area contributed by atoms with Crippen molar-refractivity contribution in [1.29, 1.82) is 0 Å². The van der Waals surface area contributed by atoms with Crippen LogP contribution in [0.25, 0.3) is 0 Å². The van der Waals surface area contributed by atoms with E-state index in [9.17, 15) is 4.39 Å². The van der Waals surface area contributed by atoms with Crippen molar-refractivity contribution < 1.29 is 4.39 Å². The van der Waals surface area contributed by atoms with Gasteiger partial charge >= 0.3 is 0 Å². The molecule has 0 aliphatic heterocycles. The van der Waals surface area contributed by atoms with Gasteiger partial charge in [-0.15, -0.1) is 0 Å². The molecule has 1 fully saturated rings. The van der Waals surface area contributed by atoms with Crippen LogP contribution in [0.5, 0.6) is 0 Å². The van der Waals surface area contributed by atoms with Gasteiger partial charge in [0.05, 0.1) is 0 Å². The number of aromatic nitrogens is 2. The summed E-state index contributed by atoms with van der Waals surface area (Å²) in [7, 11) is 0. The molecule has 2 aromatic rings. The van der Waals surface area contributed by atoms with Gasteiger partial charge in [0.2, 0.25) is 5.95 Å². The number of benzene rings is 1. The van der Waals surface area contributed by atoms with E-state index in [4.69, 9.17) is 0 Å². The zero-order chi connectivity index (χ0) is 14.7. The second-order valence-corrected chi connectivity index (χ2v) is 5.48. The molecule has 1 aromatic heterocycles. The molecule has 1 heterocycles. The van der Waals surface area contributed by atoms with E-state index < -0.39 is 0 Å². The van der Waals surface area contributed by atoms with Crippen LogP contribution in [0.1, 0.15) is 31.4 Å². The summed E-state index contributed by atoms with van der Waals surface area (Å²) in [4.78, 5) is 8.92. The maximum atomic E-state index is 12.9. The van der Waals surface area contributed by atoms with Crippen molar-refractivity contribution in [2.24, 2.45) is 0 Å². The van der Waals surface area contributed by atoms with E-state index in [1.165, 1.54) is 37.8 Å². The van der Waals surface area contributed by atoms with E-state index in [0.717, 1.165) is 17.2 Å². The fourth-order valence-electron chi connectivity index (χ4n) is 2.63. The van der Waals surface area contributed by atoms with Gasteiger partial charge in [-0.2, -0.15) is 4.98 Å². The van der Waals surface area contributed by atoms with Crippen molar-refractivity contribution in [3.05, 3.63) is 41.8 Å². The fraction of sp³-hybridized carbons (Fsp3) is 0.375. The van der Waals surface area contributed by atoms with Crippen molar-refractivity contribution >= 4 is 17.5 Å². The molecular weight excluding hydrogens is 267 g/mol. The lowest BCUT2D eigenvalue weighted by atomic mass is 10.2. The Hall–Kier alpha value is -2.17. The van der Waals surface area contributed by atoms with Crippen LogP contribution in [0, 0.1) is 12.7 Å². The number of nitrogens with zero attached hydrogens (tertiary/aromatic N) is 2. The van der Waals surface area contributed by atoms with Crippen LogP contribution in [0.15, 0.2) is 30.3 Å². The minimum atomic E-state index is -0.247. The highest BCUT2D eigenvalue weighted by atomic mass is 19.1. The number of anilines is 3. The molecule has 1 aromatic carbocycles. The molecule has 3 rings (SSSR count). The van der Waals surface area contributed by atoms with Crippen LogP contribution in [0.2, 0.25) is 0 Å². The van der Waals surface area contributed by atoms with E-state index in [1.807, 2.05) is 13.0 Å². The van der Waals surface area contributed by atoms with Gasteiger partial charge in [-0.25, -0.2) is 9.37 Å². The SMILES string of the molecule is Cc1cc(Nc2ccc(F)cc2)nc(NC2CCCC2)n1. The lowest BCUT2D eigenvalue weighted by molar-refractivity contribution is 0.628. The van der Waals surface area contributed by atoms with E-state index >= 15 is 0 Å². The molecule has 21 heavy (non-hydrogen) atoms. The summed E-state index contributed by atoms with van der Waals surface area (Å²) in [5, 5.41) is 6.57. The highest BCUT2D eigenvalue weighted by molar-refractivity contribution is 5.57. The highest BCUT2D eigenvalue weighted by Crippen LogP contribution is 2.22. The Labute approximate surface area is 123 Å². The lowest BCUT2D eigenvalue weighted by Gasteiger charge is -2.14. The predicted molar refractivity (Wildman–Crippen MR) is 82.3 cm³/mol. The van der Waals surface area contributed by atoms with E-state index in [2.05, 4.69) is 20.6 Å². The third-order valence-corrected chi connectivity index (χ3v) is 3.66. The van der Waals surface area contributed by atoms with Crippen LogP contribution < -0.4 is 10.6 Å². The number of hydrogen-bond acceptors (Lipinski definition) is 4. The average molecular weight is 286 g/mol. The molecule has 110 valence electrons. The van der Waals surface area contributed by atoms with Gasteiger partial charge in [0, 0.05) is 23.5 Å². The highest BCUT2D eigenvalue weighted by Gasteiger charge is 2.16. The Balaban J connectivity index is 1.75. The Kier molecular flexibility index (Phi) is 3.99. The van der Waals surface area contributed by atoms with Gasteiger partial charge in [-0.05, 0) is 44.0 Å². The molecule has 0 radical (unpaired) electrons. The first kappa shape index (κ1) is 13.8. The number of halogens is 1. The second kappa shape index (κ2) is 6.08. The van der Waals surface area contributed by atoms with Crippen molar-refractivity contribution in [2.45, 2.75) is 38.6 Å². The van der Waals surface area contributed by atoms with E-state index in [1.54, 1.807) is 12.1 Å². The minimum absolute atomic E-state index is 0.247. The summed E-state index contributed by atoms with van der Waals surface area (Å²) in [6, 6.07) is 8.59. The largest absolute Gasteiger partial charge is 0.351 e. The molecule has 0 spiro atoms. The minimum Gasteiger partial charge on any atom is -0.351 e. The lowest BCUT2D eigenvalue weighted by Crippen LogP contribution is -2.17. The molecule has 1 aliphatic carbocycles. The van der Waals surface area contributed by atoms with Crippen molar-refractivity contribution in [2.75, 3.05) is 10.6 Å². The monoisotopic (exact) mass is 286 g/mol. The molecular formula is C16H19FN4. The van der Waals surface area contributed by atoms with Crippen molar-refractivity contribution in [1.82, 2.24) is 9.97 Å². The van der Waals surface area contributed by atoms with Gasteiger partial charge in [-0.1, -0.05) is 12.8 Å². The fourth-order valence-corrected chi connectivity index (χ4v) is 2.63. The molecule has 2 N–H and O–H groups in total. The normalized spacial score (nSPS) is 15.1. The molecule has 0 atom stereocenters. The molecule has 5 heteroatoms. The third-order valence-electron chi connectivity index (χ3n) is 3.66. The van der Waals surface area contributed by atoms with Crippen LogP contribution in [-0.2, 0) is 0 Å². The Morgan fingerprint density at radius 3 is 2.52 bits per heavy atom. The first-order valence-corrected chi connectivity index (χ1v) is 7.34. The smallest absolute Gasteiger partial charge is 0.225 e. The average Bonchev–Trinajstić information content (AvgIpc) is 2.93. The Morgan fingerprint density at radius 2 is 1.81 bits per heavy atom. The predicted octanol–water partition coefficient (Wildman–Crippen LogP) is 4.02. The number of nitrogens with one attached hydrogen (secondary N) is 2. The maximum absolute atomic E-state index is 12.9. The summed E-state index contributed by atoms with van der Waals surface area (Å²) >= 11 is 0. The first-order chi connectivity index (χ1) is 10.2. The van der Waals surface area contributed by atoms with Crippen LogP contribution >= 0.6 is 0 Å². The zero-order valence-electron chi connectivity index (χ0n) is 12.1. The second-order valence-electron chi connectivity index (χ2n) is 5.48. The number of hydrogen-bond donors (Lipinski definition) is 2. The van der Waals surface area contributed by atoms with Crippen LogP contribution in [-0.4, -0.2) is 16.0 Å². The molecule has 1 aliphatic rings. The maximum Gasteiger partial charge on any atom is 0.225 e. The number of aryl methyl sites for hydroxylation is 1. The van der Waals surface area contributed by atoms with Crippen molar-refractivity contribution in [3.8, 4) is 0 Å². The van der Waals surface area contributed by atoms with E-state index in [0.29, 0.717) is 12.0 Å². The van der Waals surface area contributed by atoms with Gasteiger partial charge in [-0.3, -0.25) is 0 Å². The molecule has 0 unspecified atom stereocenters. The van der Waals surface area contributed by atoms with E-state index in [-0.39, 0.29) is 5.82 Å². The van der Waals surface area contributed by atoms with Crippen LogP contribution in [0.3, 0.4) is 0 Å². The summed E-state index contributed by atoms with van der Waals surface area (Å²) in [5.41, 5.74) is 1.71. The van der Waals surface area contributed by atoms with Gasteiger partial charge in [0.1, 0.15) is 11.6 Å². The molecule has 0 bridgehead atoms. The van der Waals surface area contributed by atoms with Gasteiger partial charge in [0.15, 0.2) is 0 Å². The van der Waals surface area contributed by atoms with Gasteiger partial charge < -0.3 is 10.6 Å². The molecule has 1 saturated carbocycles.